The van der Waals surface area contributed by atoms with Gasteiger partial charge < -0.3 is 19.5 Å². The fraction of sp³-hybridized carbons (Fsp3) is 0.600. The molecule has 26 heavy (non-hydrogen) atoms. The Balaban J connectivity index is 1.54. The van der Waals surface area contributed by atoms with Crippen LogP contribution in [0.5, 0.6) is 5.75 Å². The van der Waals surface area contributed by atoms with Gasteiger partial charge in [0.25, 0.3) is 5.91 Å². The molecule has 6 nitrogen and oxygen atoms in total. The number of amides is 1. The van der Waals surface area contributed by atoms with Crippen LogP contribution in [0.4, 0.5) is 0 Å². The molecule has 1 aromatic rings. The number of aliphatic hydroxyl groups excluding tert-OH is 1. The molecule has 3 aliphatic rings. The molecule has 4 rings (SSSR count). The molecular formula is C20H25NO5. The van der Waals surface area contributed by atoms with E-state index in [4.69, 9.17) is 9.47 Å². The average Bonchev–Trinajstić information content (AvgIpc) is 2.89. The van der Waals surface area contributed by atoms with Crippen LogP contribution in [0.3, 0.4) is 0 Å². The van der Waals surface area contributed by atoms with E-state index >= 15 is 0 Å². The summed E-state index contributed by atoms with van der Waals surface area (Å²) in [4.78, 5) is 26.4. The van der Waals surface area contributed by atoms with Crippen LogP contribution in [0.15, 0.2) is 18.2 Å². The Morgan fingerprint density at radius 2 is 1.85 bits per heavy atom. The topological polar surface area (TPSA) is 76.1 Å². The smallest absolute Gasteiger partial charge is 0.254 e. The van der Waals surface area contributed by atoms with Crippen molar-refractivity contribution in [3.63, 3.8) is 0 Å². The molecule has 6 heteroatoms. The SMILES string of the molecule is O=C1CCC(O)C(N2Cc3c(OC4CCOCC4)cccc3C2=O)CC1. The Labute approximate surface area is 153 Å². The summed E-state index contributed by atoms with van der Waals surface area (Å²) >= 11 is 0. The molecule has 2 fully saturated rings. The van der Waals surface area contributed by atoms with Gasteiger partial charge in [-0.25, -0.2) is 0 Å². The lowest BCUT2D eigenvalue weighted by Crippen LogP contribution is -2.43. The molecule has 0 bridgehead atoms. The highest BCUT2D eigenvalue weighted by Crippen LogP contribution is 2.35. The molecule has 1 saturated heterocycles. The van der Waals surface area contributed by atoms with Crippen molar-refractivity contribution in [1.29, 1.82) is 0 Å². The van der Waals surface area contributed by atoms with Crippen LogP contribution in [0.2, 0.25) is 0 Å². The average molecular weight is 359 g/mol. The molecule has 140 valence electrons. The van der Waals surface area contributed by atoms with Gasteiger partial charge in [0.05, 0.1) is 31.9 Å². The zero-order valence-electron chi connectivity index (χ0n) is 14.9. The first-order valence-electron chi connectivity index (χ1n) is 9.50. The van der Waals surface area contributed by atoms with Crippen molar-refractivity contribution in [3.8, 4) is 5.75 Å². The van der Waals surface area contributed by atoms with Gasteiger partial charge >= 0.3 is 0 Å². The van der Waals surface area contributed by atoms with E-state index in [1.807, 2.05) is 18.2 Å². The first kappa shape index (κ1) is 17.5. The van der Waals surface area contributed by atoms with Crippen LogP contribution in [0.1, 0.15) is 54.4 Å². The Morgan fingerprint density at radius 3 is 2.65 bits per heavy atom. The van der Waals surface area contributed by atoms with E-state index in [2.05, 4.69) is 0 Å². The minimum atomic E-state index is -0.653. The standard InChI is InChI=1S/C20H25NO5/c22-13-4-6-17(18(23)7-5-13)21-12-16-15(20(21)24)2-1-3-19(16)26-14-8-10-25-11-9-14/h1-3,14,17-18,23H,4-12H2. The molecule has 2 unspecified atom stereocenters. The monoisotopic (exact) mass is 359 g/mol. The molecule has 2 atom stereocenters. The van der Waals surface area contributed by atoms with Crippen molar-refractivity contribution < 1.29 is 24.2 Å². The number of fused-ring (bicyclic) bond motifs is 1. The van der Waals surface area contributed by atoms with Gasteiger partial charge in [0, 0.05) is 36.8 Å². The highest BCUT2D eigenvalue weighted by molar-refractivity contribution is 5.99. The molecule has 0 spiro atoms. The predicted octanol–water partition coefficient (Wildman–Crippen LogP) is 2.07. The summed E-state index contributed by atoms with van der Waals surface area (Å²) in [6.07, 6.45) is 2.93. The van der Waals surface area contributed by atoms with E-state index in [9.17, 15) is 14.7 Å². The number of benzene rings is 1. The van der Waals surface area contributed by atoms with Crippen LogP contribution in [-0.2, 0) is 16.1 Å². The molecule has 1 aromatic carbocycles. The maximum atomic E-state index is 12.9. The molecule has 1 saturated carbocycles. The second-order valence-electron chi connectivity index (χ2n) is 7.40. The van der Waals surface area contributed by atoms with Gasteiger partial charge in [-0.05, 0) is 25.0 Å². The number of carbonyl (C=O) groups is 2. The molecule has 0 aromatic heterocycles. The summed E-state index contributed by atoms with van der Waals surface area (Å²) in [5.41, 5.74) is 1.55. The molecule has 1 aliphatic carbocycles. The summed E-state index contributed by atoms with van der Waals surface area (Å²) < 4.78 is 11.6. The zero-order chi connectivity index (χ0) is 18.1. The molecule has 2 aliphatic heterocycles. The summed E-state index contributed by atoms with van der Waals surface area (Å²) in [6, 6.07) is 5.28. The zero-order valence-corrected chi connectivity index (χ0v) is 14.9. The summed E-state index contributed by atoms with van der Waals surface area (Å²) in [6.45, 7) is 1.84. The Bertz CT molecular complexity index is 697. The Morgan fingerprint density at radius 1 is 1.08 bits per heavy atom. The highest BCUT2D eigenvalue weighted by Gasteiger charge is 2.39. The van der Waals surface area contributed by atoms with Crippen LogP contribution >= 0.6 is 0 Å². The van der Waals surface area contributed by atoms with Gasteiger partial charge in [-0.3, -0.25) is 9.59 Å². The van der Waals surface area contributed by atoms with Gasteiger partial charge in [0.1, 0.15) is 17.6 Å². The quantitative estimate of drug-likeness (QED) is 0.836. The first-order chi connectivity index (χ1) is 12.6. The van der Waals surface area contributed by atoms with Gasteiger partial charge in [-0.2, -0.15) is 0 Å². The Hall–Kier alpha value is -1.92. The van der Waals surface area contributed by atoms with E-state index in [1.165, 1.54) is 0 Å². The normalized spacial score (nSPS) is 27.3. The molecular weight excluding hydrogens is 334 g/mol. The number of nitrogens with zero attached hydrogens (tertiary/aromatic N) is 1. The number of rotatable bonds is 3. The number of ketones is 1. The second kappa shape index (κ2) is 7.37. The number of Topliss-reactive ketones (excluding diaryl/α,β-unsaturated/α-hetero) is 1. The Kier molecular flexibility index (Phi) is 4.96. The number of hydrogen-bond donors (Lipinski definition) is 1. The first-order valence-corrected chi connectivity index (χ1v) is 9.50. The van der Waals surface area contributed by atoms with Crippen molar-refractivity contribution in [2.75, 3.05) is 13.2 Å². The fourth-order valence-corrected chi connectivity index (χ4v) is 4.17. The van der Waals surface area contributed by atoms with Crippen molar-refractivity contribution in [1.82, 2.24) is 4.90 Å². The number of ether oxygens (including phenoxy) is 2. The molecule has 2 heterocycles. The van der Waals surface area contributed by atoms with Crippen molar-refractivity contribution in [3.05, 3.63) is 29.3 Å². The summed E-state index contributed by atoms with van der Waals surface area (Å²) in [5.74, 6) is 0.847. The van der Waals surface area contributed by atoms with Gasteiger partial charge in [0.15, 0.2) is 0 Å². The third-order valence-electron chi connectivity index (χ3n) is 5.70. The summed E-state index contributed by atoms with van der Waals surface area (Å²) in [5, 5.41) is 10.5. The highest BCUT2D eigenvalue weighted by atomic mass is 16.5. The largest absolute Gasteiger partial charge is 0.490 e. The maximum absolute atomic E-state index is 12.9. The van der Waals surface area contributed by atoms with Crippen LogP contribution in [0.25, 0.3) is 0 Å². The number of carbonyl (C=O) groups excluding carboxylic acids is 2. The predicted molar refractivity (Wildman–Crippen MR) is 94.1 cm³/mol. The molecule has 1 amide bonds. The van der Waals surface area contributed by atoms with Crippen LogP contribution in [-0.4, -0.2) is 53.2 Å². The van der Waals surface area contributed by atoms with Crippen molar-refractivity contribution in [2.24, 2.45) is 0 Å². The van der Waals surface area contributed by atoms with Crippen molar-refractivity contribution in [2.45, 2.75) is 63.3 Å². The lowest BCUT2D eigenvalue weighted by Gasteiger charge is -2.30. The molecule has 0 radical (unpaired) electrons. The van der Waals surface area contributed by atoms with Gasteiger partial charge in [-0.15, -0.1) is 0 Å². The van der Waals surface area contributed by atoms with Crippen LogP contribution < -0.4 is 4.74 Å². The van der Waals surface area contributed by atoms with E-state index in [0.29, 0.717) is 51.0 Å². The van der Waals surface area contributed by atoms with Gasteiger partial charge in [0.2, 0.25) is 0 Å². The van der Waals surface area contributed by atoms with E-state index < -0.39 is 6.10 Å². The third-order valence-corrected chi connectivity index (χ3v) is 5.70. The van der Waals surface area contributed by atoms with E-state index in [1.54, 1.807) is 4.90 Å². The van der Waals surface area contributed by atoms with Crippen molar-refractivity contribution >= 4 is 11.7 Å². The summed E-state index contributed by atoms with van der Waals surface area (Å²) in [7, 11) is 0. The van der Waals surface area contributed by atoms with E-state index in [-0.39, 0.29) is 23.8 Å². The fourth-order valence-electron chi connectivity index (χ4n) is 4.17. The lowest BCUT2D eigenvalue weighted by molar-refractivity contribution is -0.119. The minimum absolute atomic E-state index is 0.0733. The van der Waals surface area contributed by atoms with Gasteiger partial charge in [-0.1, -0.05) is 6.07 Å². The number of hydrogen-bond acceptors (Lipinski definition) is 5. The second-order valence-corrected chi connectivity index (χ2v) is 7.40. The van der Waals surface area contributed by atoms with Crippen LogP contribution in [0, 0.1) is 0 Å². The van der Waals surface area contributed by atoms with E-state index in [0.717, 1.165) is 24.2 Å². The maximum Gasteiger partial charge on any atom is 0.254 e. The molecule has 1 N–H and O–H groups in total. The third kappa shape index (κ3) is 3.35. The number of aliphatic hydroxyl groups is 1. The minimum Gasteiger partial charge on any atom is -0.490 e. The lowest BCUT2D eigenvalue weighted by atomic mass is 10.0.